The molecule has 2 aromatic heterocycles. The van der Waals surface area contributed by atoms with Gasteiger partial charge in [0.2, 0.25) is 0 Å². The van der Waals surface area contributed by atoms with Crippen LogP contribution in [0.3, 0.4) is 0 Å². The van der Waals surface area contributed by atoms with Gasteiger partial charge in [0.05, 0.1) is 7.11 Å². The second-order valence-corrected chi connectivity index (χ2v) is 4.71. The molecule has 0 fully saturated rings. The first-order valence-corrected chi connectivity index (χ1v) is 6.79. The molecule has 0 amide bonds. The number of nitrogens with one attached hydrogen (secondary N) is 1. The van der Waals surface area contributed by atoms with Gasteiger partial charge in [0.25, 0.3) is 6.01 Å². The van der Waals surface area contributed by atoms with E-state index in [9.17, 15) is 0 Å². The smallest absolute Gasteiger partial charge is 0.298 e. The fourth-order valence-electron chi connectivity index (χ4n) is 2.26. The number of aromatic nitrogens is 4. The van der Waals surface area contributed by atoms with Crippen LogP contribution in [0, 0.1) is 0 Å². The van der Waals surface area contributed by atoms with E-state index in [1.165, 1.54) is 11.9 Å². The molecule has 0 aliphatic heterocycles. The Balaban J connectivity index is 1.78. The topological polar surface area (TPSA) is 64.9 Å². The summed E-state index contributed by atoms with van der Waals surface area (Å²) in [5.41, 5.74) is 2.77. The molecule has 6 heteroatoms. The summed E-state index contributed by atoms with van der Waals surface area (Å²) in [6, 6.07) is 10.9. The van der Waals surface area contributed by atoms with E-state index in [4.69, 9.17) is 4.74 Å². The predicted molar refractivity (Wildman–Crippen MR) is 81.5 cm³/mol. The van der Waals surface area contributed by atoms with Gasteiger partial charge in [-0.1, -0.05) is 30.3 Å². The van der Waals surface area contributed by atoms with Crippen LogP contribution in [0.4, 0.5) is 5.82 Å². The van der Waals surface area contributed by atoms with Crippen molar-refractivity contribution in [3.8, 4) is 6.01 Å². The number of hydrogen-bond acceptors (Lipinski definition) is 5. The van der Waals surface area contributed by atoms with Crippen LogP contribution in [0.15, 0.2) is 36.7 Å². The Hall–Kier alpha value is -2.63. The van der Waals surface area contributed by atoms with Gasteiger partial charge in [0.15, 0.2) is 17.0 Å². The number of anilines is 1. The molecule has 108 valence electrons. The maximum Gasteiger partial charge on any atom is 0.298 e. The molecule has 3 aromatic rings. The number of methoxy groups -OCH3 is 1. The highest BCUT2D eigenvalue weighted by Crippen LogP contribution is 2.22. The van der Waals surface area contributed by atoms with Gasteiger partial charge in [-0.15, -0.1) is 0 Å². The molecule has 6 nitrogen and oxygen atoms in total. The minimum Gasteiger partial charge on any atom is -0.468 e. The molecule has 21 heavy (non-hydrogen) atoms. The van der Waals surface area contributed by atoms with Crippen LogP contribution in [0.1, 0.15) is 5.56 Å². The lowest BCUT2D eigenvalue weighted by Crippen LogP contribution is -2.07. The van der Waals surface area contributed by atoms with Gasteiger partial charge in [0.1, 0.15) is 6.33 Å². The van der Waals surface area contributed by atoms with Crippen LogP contribution in [0.25, 0.3) is 11.2 Å². The Morgan fingerprint density at radius 1 is 1.19 bits per heavy atom. The van der Waals surface area contributed by atoms with Crippen LogP contribution in [-0.4, -0.2) is 33.2 Å². The van der Waals surface area contributed by atoms with Gasteiger partial charge in [-0.05, 0) is 12.0 Å². The van der Waals surface area contributed by atoms with Gasteiger partial charge in [-0.3, -0.25) is 4.57 Å². The summed E-state index contributed by atoms with van der Waals surface area (Å²) in [6.07, 6.45) is 2.46. The van der Waals surface area contributed by atoms with Crippen molar-refractivity contribution in [2.45, 2.75) is 6.42 Å². The number of ether oxygens (including phenoxy) is 1. The third kappa shape index (κ3) is 2.65. The summed E-state index contributed by atoms with van der Waals surface area (Å²) in [5.74, 6) is 0.731. The third-order valence-electron chi connectivity index (χ3n) is 3.35. The molecule has 0 unspecified atom stereocenters. The fourth-order valence-corrected chi connectivity index (χ4v) is 2.26. The second-order valence-electron chi connectivity index (χ2n) is 4.71. The normalized spacial score (nSPS) is 10.8. The van der Waals surface area contributed by atoms with E-state index >= 15 is 0 Å². The molecular weight excluding hydrogens is 266 g/mol. The van der Waals surface area contributed by atoms with Gasteiger partial charge in [0, 0.05) is 13.6 Å². The average molecular weight is 283 g/mol. The lowest BCUT2D eigenvalue weighted by atomic mass is 10.1. The lowest BCUT2D eigenvalue weighted by Gasteiger charge is -2.05. The van der Waals surface area contributed by atoms with Crippen molar-refractivity contribution in [3.63, 3.8) is 0 Å². The molecule has 0 saturated heterocycles. The standard InChI is InChI=1S/C15H17N5O/c1-20-14-12(19-15(20)21-2)13(17-10-18-14)16-9-8-11-6-4-3-5-7-11/h3-7,10H,8-9H2,1-2H3,(H,16,17,18). The Labute approximate surface area is 122 Å². The van der Waals surface area contributed by atoms with Crippen molar-refractivity contribution in [3.05, 3.63) is 42.2 Å². The molecule has 2 heterocycles. The van der Waals surface area contributed by atoms with Gasteiger partial charge in [-0.2, -0.15) is 4.98 Å². The molecule has 0 atom stereocenters. The van der Waals surface area contributed by atoms with Crippen LogP contribution in [0.2, 0.25) is 0 Å². The van der Waals surface area contributed by atoms with Gasteiger partial charge < -0.3 is 10.1 Å². The quantitative estimate of drug-likeness (QED) is 0.776. The number of nitrogens with zero attached hydrogens (tertiary/aromatic N) is 4. The molecule has 0 saturated carbocycles. The maximum atomic E-state index is 5.22. The molecule has 3 rings (SSSR count). The molecule has 0 bridgehead atoms. The van der Waals surface area contributed by atoms with Gasteiger partial charge in [-0.25, -0.2) is 9.97 Å². The van der Waals surface area contributed by atoms with E-state index in [1.54, 1.807) is 11.7 Å². The van der Waals surface area contributed by atoms with Crippen molar-refractivity contribution >= 4 is 17.0 Å². The SMILES string of the molecule is COc1nc2c(NCCc3ccccc3)ncnc2n1C. The number of fused-ring (bicyclic) bond motifs is 1. The Morgan fingerprint density at radius 2 is 2.00 bits per heavy atom. The summed E-state index contributed by atoms with van der Waals surface area (Å²) in [7, 11) is 3.46. The van der Waals surface area contributed by atoms with E-state index in [2.05, 4.69) is 32.4 Å². The molecule has 1 aromatic carbocycles. The fraction of sp³-hybridized carbons (Fsp3) is 0.267. The monoisotopic (exact) mass is 283 g/mol. The third-order valence-corrected chi connectivity index (χ3v) is 3.35. The molecule has 1 N–H and O–H groups in total. The van der Waals surface area contributed by atoms with E-state index < -0.39 is 0 Å². The first kappa shape index (κ1) is 13.4. The number of hydrogen-bond donors (Lipinski definition) is 1. The zero-order valence-electron chi connectivity index (χ0n) is 12.1. The number of rotatable bonds is 5. The number of imidazole rings is 1. The Bertz CT molecular complexity index is 738. The molecule has 0 radical (unpaired) electrons. The first-order valence-electron chi connectivity index (χ1n) is 6.79. The van der Waals surface area contributed by atoms with Crippen LogP contribution in [-0.2, 0) is 13.5 Å². The molecular formula is C15H17N5O. The highest BCUT2D eigenvalue weighted by molar-refractivity contribution is 5.83. The second kappa shape index (κ2) is 5.78. The zero-order chi connectivity index (χ0) is 14.7. The first-order chi connectivity index (χ1) is 10.3. The Morgan fingerprint density at radius 3 is 2.76 bits per heavy atom. The van der Waals surface area contributed by atoms with Crippen molar-refractivity contribution in [2.75, 3.05) is 19.0 Å². The van der Waals surface area contributed by atoms with E-state index in [-0.39, 0.29) is 0 Å². The van der Waals surface area contributed by atoms with Crippen LogP contribution in [0.5, 0.6) is 6.01 Å². The molecule has 0 aliphatic carbocycles. The van der Waals surface area contributed by atoms with Crippen molar-refractivity contribution in [2.24, 2.45) is 7.05 Å². The number of aryl methyl sites for hydroxylation is 1. The Kier molecular flexibility index (Phi) is 3.68. The lowest BCUT2D eigenvalue weighted by molar-refractivity contribution is 0.368. The van der Waals surface area contributed by atoms with E-state index in [0.29, 0.717) is 6.01 Å². The highest BCUT2D eigenvalue weighted by atomic mass is 16.5. The van der Waals surface area contributed by atoms with Crippen molar-refractivity contribution in [1.29, 1.82) is 0 Å². The van der Waals surface area contributed by atoms with Crippen molar-refractivity contribution < 1.29 is 4.74 Å². The summed E-state index contributed by atoms with van der Waals surface area (Å²) in [6.45, 7) is 0.787. The van der Waals surface area contributed by atoms with E-state index in [1.807, 2.05) is 25.2 Å². The van der Waals surface area contributed by atoms with E-state index in [0.717, 1.165) is 29.9 Å². The maximum absolute atomic E-state index is 5.22. The molecule has 0 aliphatic rings. The van der Waals surface area contributed by atoms with Crippen molar-refractivity contribution in [1.82, 2.24) is 19.5 Å². The summed E-state index contributed by atoms with van der Waals surface area (Å²) in [4.78, 5) is 12.9. The number of benzene rings is 1. The zero-order valence-corrected chi connectivity index (χ0v) is 12.1. The minimum absolute atomic E-state index is 0.525. The van der Waals surface area contributed by atoms with Crippen LogP contribution < -0.4 is 10.1 Å². The van der Waals surface area contributed by atoms with Gasteiger partial charge >= 0.3 is 0 Å². The minimum atomic E-state index is 0.525. The summed E-state index contributed by atoms with van der Waals surface area (Å²) in [5, 5.41) is 3.32. The summed E-state index contributed by atoms with van der Waals surface area (Å²) < 4.78 is 7.02. The average Bonchev–Trinajstić information content (AvgIpc) is 2.86. The largest absolute Gasteiger partial charge is 0.468 e. The summed E-state index contributed by atoms with van der Waals surface area (Å²) >= 11 is 0. The van der Waals surface area contributed by atoms with Crippen LogP contribution >= 0.6 is 0 Å². The predicted octanol–water partition coefficient (Wildman–Crippen LogP) is 2.03. The molecule has 0 spiro atoms. The highest BCUT2D eigenvalue weighted by Gasteiger charge is 2.13.